The predicted octanol–water partition coefficient (Wildman–Crippen LogP) is 4.17. The average Bonchev–Trinajstić information content (AvgIpc) is 2.57. The number of carbonyl (C=O) groups is 2. The molecule has 0 radical (unpaired) electrons. The van der Waals surface area contributed by atoms with E-state index < -0.39 is 6.04 Å². The average molecular weight is 454 g/mol. The van der Waals surface area contributed by atoms with Crippen molar-refractivity contribution in [2.75, 3.05) is 6.54 Å². The maximum atomic E-state index is 13.1. The van der Waals surface area contributed by atoms with E-state index in [9.17, 15) is 9.59 Å². The molecule has 0 saturated heterocycles. The lowest BCUT2D eigenvalue weighted by Crippen LogP contribution is -2.51. The Bertz CT molecular complexity index is 613. The molecule has 5 heteroatoms. The third kappa shape index (κ3) is 6.65. The molecule has 0 bridgehead atoms. The number of allylic oxidation sites excluding steroid dienone is 1. The summed E-state index contributed by atoms with van der Waals surface area (Å²) in [5, 5.41) is 2.93. The maximum absolute atomic E-state index is 13.1. The first-order valence-corrected chi connectivity index (χ1v) is 9.57. The molecule has 136 valence electrons. The van der Waals surface area contributed by atoms with Gasteiger partial charge in [-0.25, -0.2) is 0 Å². The van der Waals surface area contributed by atoms with E-state index >= 15 is 0 Å². The van der Waals surface area contributed by atoms with E-state index in [4.69, 9.17) is 0 Å². The fourth-order valence-corrected chi connectivity index (χ4v) is 3.12. The molecule has 0 aliphatic rings. The summed E-state index contributed by atoms with van der Waals surface area (Å²) >= 11 is 2.15. The molecule has 25 heavy (non-hydrogen) atoms. The van der Waals surface area contributed by atoms with Gasteiger partial charge in [-0.1, -0.05) is 24.3 Å². The number of amides is 2. The van der Waals surface area contributed by atoms with Crippen molar-refractivity contribution < 1.29 is 9.59 Å². The molecule has 1 aromatic rings. The highest BCUT2D eigenvalue weighted by atomic mass is 127. The SMILES string of the molecule is C=CCCC(C(=O)NC(C)C)N(CCC=C)C(=O)c1ccccc1I. The molecular formula is C20H27IN2O2. The van der Waals surface area contributed by atoms with Gasteiger partial charge in [-0.15, -0.1) is 13.2 Å². The largest absolute Gasteiger partial charge is 0.352 e. The van der Waals surface area contributed by atoms with Gasteiger partial charge in [0.1, 0.15) is 6.04 Å². The topological polar surface area (TPSA) is 49.4 Å². The summed E-state index contributed by atoms with van der Waals surface area (Å²) in [5.74, 6) is -0.250. The van der Waals surface area contributed by atoms with Crippen LogP contribution in [0.4, 0.5) is 0 Å². The zero-order valence-corrected chi connectivity index (χ0v) is 17.2. The maximum Gasteiger partial charge on any atom is 0.255 e. The Morgan fingerprint density at radius 2 is 1.84 bits per heavy atom. The molecular weight excluding hydrogens is 427 g/mol. The van der Waals surface area contributed by atoms with E-state index in [1.54, 1.807) is 23.1 Å². The van der Waals surface area contributed by atoms with E-state index in [0.717, 1.165) is 3.57 Å². The number of rotatable bonds is 10. The van der Waals surface area contributed by atoms with Gasteiger partial charge in [0, 0.05) is 16.2 Å². The van der Waals surface area contributed by atoms with Crippen LogP contribution in [0.3, 0.4) is 0 Å². The molecule has 1 atom stereocenters. The quantitative estimate of drug-likeness (QED) is 0.426. The monoisotopic (exact) mass is 454 g/mol. The van der Waals surface area contributed by atoms with Crippen LogP contribution in [-0.2, 0) is 4.79 Å². The van der Waals surface area contributed by atoms with Crippen LogP contribution in [0.15, 0.2) is 49.6 Å². The predicted molar refractivity (Wildman–Crippen MR) is 112 cm³/mol. The summed E-state index contributed by atoms with van der Waals surface area (Å²) < 4.78 is 0.875. The van der Waals surface area contributed by atoms with Gasteiger partial charge < -0.3 is 10.2 Å². The first-order chi connectivity index (χ1) is 11.9. The fraction of sp³-hybridized carbons (Fsp3) is 0.400. The lowest BCUT2D eigenvalue weighted by atomic mass is 10.1. The standard InChI is InChI=1S/C20H27IN2O2/c1-5-7-13-18(19(24)22-15(3)4)23(14-8-6-2)20(25)16-11-9-10-12-17(16)21/h5-6,9-12,15,18H,1-2,7-8,13-14H2,3-4H3,(H,22,24). The number of nitrogens with one attached hydrogen (secondary N) is 1. The summed E-state index contributed by atoms with van der Waals surface area (Å²) in [6.07, 6.45) is 5.39. The molecule has 1 unspecified atom stereocenters. The van der Waals surface area contributed by atoms with Crippen LogP contribution in [0.5, 0.6) is 0 Å². The summed E-state index contributed by atoms with van der Waals surface area (Å²) in [7, 11) is 0. The molecule has 1 N–H and O–H groups in total. The lowest BCUT2D eigenvalue weighted by molar-refractivity contribution is -0.126. The number of benzene rings is 1. The van der Waals surface area contributed by atoms with E-state index in [-0.39, 0.29) is 17.9 Å². The van der Waals surface area contributed by atoms with Gasteiger partial charge in [-0.3, -0.25) is 9.59 Å². The fourth-order valence-electron chi connectivity index (χ4n) is 2.50. The van der Waals surface area contributed by atoms with Crippen molar-refractivity contribution in [2.24, 2.45) is 0 Å². The van der Waals surface area contributed by atoms with Crippen molar-refractivity contribution in [3.8, 4) is 0 Å². The number of halogens is 1. The molecule has 4 nitrogen and oxygen atoms in total. The molecule has 0 fully saturated rings. The highest BCUT2D eigenvalue weighted by Gasteiger charge is 2.30. The number of hydrogen-bond donors (Lipinski definition) is 1. The molecule has 0 aliphatic heterocycles. The molecule has 2 amide bonds. The molecule has 0 saturated carbocycles. The number of hydrogen-bond acceptors (Lipinski definition) is 2. The summed E-state index contributed by atoms with van der Waals surface area (Å²) in [6, 6.07) is 6.93. The van der Waals surface area contributed by atoms with Gasteiger partial charge >= 0.3 is 0 Å². The Morgan fingerprint density at radius 1 is 1.20 bits per heavy atom. The molecule has 1 rings (SSSR count). The second-order valence-corrected chi connectivity index (χ2v) is 7.26. The minimum atomic E-state index is -0.524. The highest BCUT2D eigenvalue weighted by Crippen LogP contribution is 2.18. The van der Waals surface area contributed by atoms with E-state index in [1.165, 1.54) is 0 Å². The van der Waals surface area contributed by atoms with Crippen LogP contribution in [0.1, 0.15) is 43.5 Å². The number of carbonyl (C=O) groups excluding carboxylic acids is 2. The first-order valence-electron chi connectivity index (χ1n) is 8.50. The number of nitrogens with zero attached hydrogens (tertiary/aromatic N) is 1. The van der Waals surface area contributed by atoms with Gasteiger partial charge in [0.25, 0.3) is 5.91 Å². The highest BCUT2D eigenvalue weighted by molar-refractivity contribution is 14.1. The summed E-state index contributed by atoms with van der Waals surface area (Å²) in [4.78, 5) is 27.5. The van der Waals surface area contributed by atoms with Crippen molar-refractivity contribution in [3.05, 3.63) is 58.7 Å². The molecule has 0 aromatic heterocycles. The van der Waals surface area contributed by atoms with Gasteiger partial charge in [0.15, 0.2) is 0 Å². The van der Waals surface area contributed by atoms with Crippen molar-refractivity contribution >= 4 is 34.4 Å². The van der Waals surface area contributed by atoms with Crippen LogP contribution in [-0.4, -0.2) is 35.3 Å². The van der Waals surface area contributed by atoms with Crippen LogP contribution < -0.4 is 5.32 Å². The third-order valence-corrected chi connectivity index (χ3v) is 4.63. The zero-order valence-electron chi connectivity index (χ0n) is 15.0. The smallest absolute Gasteiger partial charge is 0.255 e. The van der Waals surface area contributed by atoms with Crippen molar-refractivity contribution in [3.63, 3.8) is 0 Å². The van der Waals surface area contributed by atoms with Crippen LogP contribution in [0.2, 0.25) is 0 Å². The van der Waals surface area contributed by atoms with Crippen molar-refractivity contribution in [2.45, 2.75) is 45.2 Å². The van der Waals surface area contributed by atoms with E-state index in [2.05, 4.69) is 41.1 Å². The van der Waals surface area contributed by atoms with Crippen molar-refractivity contribution in [1.29, 1.82) is 0 Å². The second kappa shape index (κ2) is 11.1. The Kier molecular flexibility index (Phi) is 9.49. The second-order valence-electron chi connectivity index (χ2n) is 6.10. The first kappa shape index (κ1) is 21.4. The summed E-state index contributed by atoms with van der Waals surface area (Å²) in [6.45, 7) is 11.8. The van der Waals surface area contributed by atoms with Gasteiger partial charge in [-0.05, 0) is 67.8 Å². The molecule has 0 heterocycles. The zero-order chi connectivity index (χ0) is 18.8. The Hall–Kier alpha value is -1.63. The van der Waals surface area contributed by atoms with E-state index in [0.29, 0.717) is 31.4 Å². The Balaban J connectivity index is 3.18. The van der Waals surface area contributed by atoms with Crippen LogP contribution >= 0.6 is 22.6 Å². The third-order valence-electron chi connectivity index (χ3n) is 3.69. The lowest BCUT2D eigenvalue weighted by Gasteiger charge is -2.31. The van der Waals surface area contributed by atoms with Crippen LogP contribution in [0, 0.1) is 3.57 Å². The minimum Gasteiger partial charge on any atom is -0.352 e. The Labute approximate surface area is 164 Å². The molecule has 0 aliphatic carbocycles. The molecule has 0 spiro atoms. The van der Waals surface area contributed by atoms with Crippen LogP contribution in [0.25, 0.3) is 0 Å². The normalized spacial score (nSPS) is 11.7. The van der Waals surface area contributed by atoms with Gasteiger partial charge in [-0.2, -0.15) is 0 Å². The van der Waals surface area contributed by atoms with Gasteiger partial charge in [0.05, 0.1) is 5.56 Å². The Morgan fingerprint density at radius 3 is 2.40 bits per heavy atom. The molecule has 1 aromatic carbocycles. The summed E-state index contributed by atoms with van der Waals surface area (Å²) in [5.41, 5.74) is 0.619. The van der Waals surface area contributed by atoms with E-state index in [1.807, 2.05) is 32.0 Å². The minimum absolute atomic E-state index is 0.0203. The van der Waals surface area contributed by atoms with Crippen molar-refractivity contribution in [1.82, 2.24) is 10.2 Å². The van der Waals surface area contributed by atoms with Gasteiger partial charge in [0.2, 0.25) is 5.91 Å².